The van der Waals surface area contributed by atoms with Gasteiger partial charge in [0.15, 0.2) is 11.5 Å². The number of carbonyl (C=O) groups excluding carboxylic acids is 2. The van der Waals surface area contributed by atoms with Crippen molar-refractivity contribution >= 4 is 17.5 Å². The molecule has 0 spiro atoms. The molecule has 0 atom stereocenters. The van der Waals surface area contributed by atoms with Crippen molar-refractivity contribution in [1.82, 2.24) is 10.2 Å². The fourth-order valence-corrected chi connectivity index (χ4v) is 3.59. The summed E-state index contributed by atoms with van der Waals surface area (Å²) in [6.07, 6.45) is 3.96. The zero-order valence-electron chi connectivity index (χ0n) is 16.1. The van der Waals surface area contributed by atoms with Crippen LogP contribution in [0.1, 0.15) is 32.1 Å². The molecule has 0 aromatic heterocycles. The standard InChI is InChI=1S/C20H29N3O4/c1-23(2)11-3-10-21-19(24)14-4-6-15(7-5-14)20(25)22-16-8-9-17-18(12-16)27-13-26-17/h8-9,12,14-15H,3-7,10-11,13H2,1-2H3,(H,21,24)(H,22,25). The van der Waals surface area contributed by atoms with Gasteiger partial charge in [0, 0.05) is 30.1 Å². The Morgan fingerprint density at radius 3 is 2.41 bits per heavy atom. The fourth-order valence-electron chi connectivity index (χ4n) is 3.59. The van der Waals surface area contributed by atoms with Crippen molar-refractivity contribution in [2.24, 2.45) is 11.8 Å². The van der Waals surface area contributed by atoms with Crippen LogP contribution in [0.4, 0.5) is 5.69 Å². The molecule has 1 aromatic rings. The summed E-state index contributed by atoms with van der Waals surface area (Å²) >= 11 is 0. The van der Waals surface area contributed by atoms with E-state index in [9.17, 15) is 9.59 Å². The van der Waals surface area contributed by atoms with E-state index in [1.165, 1.54) is 0 Å². The molecule has 0 radical (unpaired) electrons. The van der Waals surface area contributed by atoms with Crippen LogP contribution < -0.4 is 20.1 Å². The lowest BCUT2D eigenvalue weighted by Gasteiger charge is -2.27. The number of nitrogens with zero attached hydrogens (tertiary/aromatic N) is 1. The second-order valence-corrected chi connectivity index (χ2v) is 7.55. The Bertz CT molecular complexity index is 669. The average molecular weight is 375 g/mol. The minimum atomic E-state index is -0.0480. The van der Waals surface area contributed by atoms with Crippen molar-refractivity contribution in [3.05, 3.63) is 18.2 Å². The molecular formula is C20H29N3O4. The minimum Gasteiger partial charge on any atom is -0.454 e. The van der Waals surface area contributed by atoms with Gasteiger partial charge < -0.3 is 25.0 Å². The van der Waals surface area contributed by atoms with Crippen molar-refractivity contribution in [2.45, 2.75) is 32.1 Å². The van der Waals surface area contributed by atoms with Crippen LogP contribution in [0.25, 0.3) is 0 Å². The number of anilines is 1. The van der Waals surface area contributed by atoms with Crippen LogP contribution in [0.15, 0.2) is 18.2 Å². The van der Waals surface area contributed by atoms with Crippen molar-refractivity contribution in [1.29, 1.82) is 0 Å². The first-order chi connectivity index (χ1) is 13.0. The Balaban J connectivity index is 1.40. The second-order valence-electron chi connectivity index (χ2n) is 7.55. The monoisotopic (exact) mass is 375 g/mol. The molecule has 1 saturated carbocycles. The predicted octanol–water partition coefficient (Wildman–Crippen LogP) is 2.23. The van der Waals surface area contributed by atoms with Gasteiger partial charge in [0.1, 0.15) is 0 Å². The molecule has 1 fully saturated rings. The highest BCUT2D eigenvalue weighted by Crippen LogP contribution is 2.35. The molecule has 2 amide bonds. The molecule has 0 bridgehead atoms. The molecule has 7 nitrogen and oxygen atoms in total. The normalized spacial score (nSPS) is 21.1. The summed E-state index contributed by atoms with van der Waals surface area (Å²) in [6, 6.07) is 5.40. The van der Waals surface area contributed by atoms with Crippen LogP contribution in [0.3, 0.4) is 0 Å². The molecule has 0 saturated heterocycles. The number of rotatable bonds is 7. The number of benzene rings is 1. The van der Waals surface area contributed by atoms with Gasteiger partial charge >= 0.3 is 0 Å². The fraction of sp³-hybridized carbons (Fsp3) is 0.600. The highest BCUT2D eigenvalue weighted by Gasteiger charge is 2.30. The smallest absolute Gasteiger partial charge is 0.231 e. The Kier molecular flexibility index (Phi) is 6.55. The Morgan fingerprint density at radius 2 is 1.70 bits per heavy atom. The maximum absolute atomic E-state index is 12.5. The van der Waals surface area contributed by atoms with Crippen molar-refractivity contribution in [3.8, 4) is 11.5 Å². The lowest BCUT2D eigenvalue weighted by atomic mass is 9.81. The van der Waals surface area contributed by atoms with Gasteiger partial charge in [0.25, 0.3) is 0 Å². The first-order valence-electron chi connectivity index (χ1n) is 9.66. The third-order valence-corrected chi connectivity index (χ3v) is 5.19. The number of hydrogen-bond donors (Lipinski definition) is 2. The van der Waals surface area contributed by atoms with Gasteiger partial charge in [-0.25, -0.2) is 0 Å². The molecule has 7 heteroatoms. The Hall–Kier alpha value is -2.28. The van der Waals surface area contributed by atoms with Crippen LogP contribution in [-0.4, -0.2) is 50.7 Å². The van der Waals surface area contributed by atoms with Gasteiger partial charge in [-0.15, -0.1) is 0 Å². The molecule has 1 aliphatic carbocycles. The number of ether oxygens (including phenoxy) is 2. The quantitative estimate of drug-likeness (QED) is 0.715. The molecule has 148 valence electrons. The maximum atomic E-state index is 12.5. The summed E-state index contributed by atoms with van der Waals surface area (Å²) in [5.74, 6) is 1.47. The van der Waals surface area contributed by atoms with E-state index in [0.29, 0.717) is 23.7 Å². The average Bonchev–Trinajstić information content (AvgIpc) is 3.13. The lowest BCUT2D eigenvalue weighted by molar-refractivity contribution is -0.128. The van der Waals surface area contributed by atoms with Gasteiger partial charge in [-0.3, -0.25) is 9.59 Å². The van der Waals surface area contributed by atoms with Gasteiger partial charge in [-0.2, -0.15) is 0 Å². The SMILES string of the molecule is CN(C)CCCNC(=O)C1CCC(C(=O)Nc2ccc3c(c2)OCO3)CC1. The van der Waals surface area contributed by atoms with Crippen LogP contribution in [-0.2, 0) is 9.59 Å². The van der Waals surface area contributed by atoms with Gasteiger partial charge in [-0.05, 0) is 64.9 Å². The zero-order chi connectivity index (χ0) is 19.2. The Morgan fingerprint density at radius 1 is 1.04 bits per heavy atom. The minimum absolute atomic E-state index is 0.0127. The van der Waals surface area contributed by atoms with E-state index in [1.807, 2.05) is 20.2 Å². The summed E-state index contributed by atoms with van der Waals surface area (Å²) in [6.45, 7) is 1.89. The molecule has 1 aromatic carbocycles. The molecule has 1 heterocycles. The van der Waals surface area contributed by atoms with Crippen molar-refractivity contribution in [2.75, 3.05) is 39.3 Å². The summed E-state index contributed by atoms with van der Waals surface area (Å²) in [4.78, 5) is 26.9. The Labute approximate surface area is 160 Å². The van der Waals surface area contributed by atoms with E-state index < -0.39 is 0 Å². The molecule has 2 N–H and O–H groups in total. The number of hydrogen-bond acceptors (Lipinski definition) is 5. The number of fused-ring (bicyclic) bond motifs is 1. The van der Waals surface area contributed by atoms with E-state index in [0.717, 1.165) is 38.6 Å². The van der Waals surface area contributed by atoms with Gasteiger partial charge in [0.2, 0.25) is 18.6 Å². The predicted molar refractivity (Wildman–Crippen MR) is 103 cm³/mol. The van der Waals surface area contributed by atoms with Crippen LogP contribution in [0.5, 0.6) is 11.5 Å². The van der Waals surface area contributed by atoms with E-state index in [1.54, 1.807) is 12.1 Å². The number of carbonyl (C=O) groups is 2. The van der Waals surface area contributed by atoms with Gasteiger partial charge in [0.05, 0.1) is 0 Å². The summed E-state index contributed by atoms with van der Waals surface area (Å²) in [5.41, 5.74) is 0.713. The van der Waals surface area contributed by atoms with E-state index >= 15 is 0 Å². The zero-order valence-corrected chi connectivity index (χ0v) is 16.1. The second kappa shape index (κ2) is 9.08. The third-order valence-electron chi connectivity index (χ3n) is 5.19. The maximum Gasteiger partial charge on any atom is 0.231 e. The molecule has 1 aliphatic heterocycles. The molecule has 2 aliphatic rings. The van der Waals surface area contributed by atoms with E-state index in [2.05, 4.69) is 15.5 Å². The molecular weight excluding hydrogens is 346 g/mol. The molecule has 27 heavy (non-hydrogen) atoms. The highest BCUT2D eigenvalue weighted by molar-refractivity contribution is 5.93. The topological polar surface area (TPSA) is 79.9 Å². The first kappa shape index (κ1) is 19.5. The number of nitrogens with one attached hydrogen (secondary N) is 2. The molecule has 0 unspecified atom stereocenters. The van der Waals surface area contributed by atoms with E-state index in [4.69, 9.17) is 9.47 Å². The largest absolute Gasteiger partial charge is 0.454 e. The van der Waals surface area contributed by atoms with Crippen LogP contribution in [0, 0.1) is 11.8 Å². The number of amides is 2. The third kappa shape index (κ3) is 5.35. The molecule has 3 rings (SSSR count). The first-order valence-corrected chi connectivity index (χ1v) is 9.66. The van der Waals surface area contributed by atoms with Crippen molar-refractivity contribution < 1.29 is 19.1 Å². The highest BCUT2D eigenvalue weighted by atomic mass is 16.7. The summed E-state index contributed by atoms with van der Waals surface area (Å²) in [5, 5.41) is 5.98. The van der Waals surface area contributed by atoms with Crippen molar-refractivity contribution in [3.63, 3.8) is 0 Å². The van der Waals surface area contributed by atoms with E-state index in [-0.39, 0.29) is 30.4 Å². The van der Waals surface area contributed by atoms with Gasteiger partial charge in [-0.1, -0.05) is 0 Å². The summed E-state index contributed by atoms with van der Waals surface area (Å²) in [7, 11) is 4.05. The lowest BCUT2D eigenvalue weighted by Crippen LogP contribution is -2.36. The summed E-state index contributed by atoms with van der Waals surface area (Å²) < 4.78 is 10.6. The van der Waals surface area contributed by atoms with Crippen LogP contribution >= 0.6 is 0 Å². The van der Waals surface area contributed by atoms with Crippen LogP contribution in [0.2, 0.25) is 0 Å².